The van der Waals surface area contributed by atoms with Crippen molar-refractivity contribution in [3.05, 3.63) is 81.8 Å². The van der Waals surface area contributed by atoms with E-state index in [0.29, 0.717) is 42.4 Å². The summed E-state index contributed by atoms with van der Waals surface area (Å²) in [5.74, 6) is -0.299. The predicted molar refractivity (Wildman–Crippen MR) is 121 cm³/mol. The topological polar surface area (TPSA) is 63.2 Å². The number of nitrogens with one attached hydrogen (secondary N) is 1. The van der Waals surface area contributed by atoms with Crippen LogP contribution in [-0.2, 0) is 14.3 Å². The number of carbonyl (C=O) groups is 1. The van der Waals surface area contributed by atoms with Gasteiger partial charge in [0.15, 0.2) is 0 Å². The molecule has 0 saturated carbocycles. The Morgan fingerprint density at radius 1 is 1.25 bits per heavy atom. The lowest BCUT2D eigenvalue weighted by Gasteiger charge is -2.32. The van der Waals surface area contributed by atoms with E-state index in [1.165, 1.54) is 12.1 Å². The Morgan fingerprint density at radius 2 is 2.00 bits per heavy atom. The van der Waals surface area contributed by atoms with Crippen molar-refractivity contribution in [3.63, 3.8) is 0 Å². The number of carbonyl (C=O) groups excluding carboxylic acids is 1. The molecule has 1 atom stereocenters. The number of aliphatic imine (C=N–C) groups is 1. The highest BCUT2D eigenvalue weighted by Gasteiger charge is 2.34. The summed E-state index contributed by atoms with van der Waals surface area (Å²) in [6, 6.07) is 13.1. The number of amidine groups is 1. The Kier molecular flexibility index (Phi) is 7.19. The first-order valence-electron chi connectivity index (χ1n) is 10.6. The highest BCUT2D eigenvalue weighted by molar-refractivity contribution is 6.31. The highest BCUT2D eigenvalue weighted by atomic mass is 35.5. The van der Waals surface area contributed by atoms with Crippen LogP contribution >= 0.6 is 11.6 Å². The lowest BCUT2D eigenvalue weighted by Crippen LogP contribution is -2.43. The van der Waals surface area contributed by atoms with Gasteiger partial charge in [-0.3, -0.25) is 9.89 Å². The van der Waals surface area contributed by atoms with Gasteiger partial charge in [0.2, 0.25) is 0 Å². The minimum atomic E-state index is -0.727. The molecule has 1 saturated heterocycles. The molecular weight excluding hydrogens is 433 g/mol. The van der Waals surface area contributed by atoms with Crippen molar-refractivity contribution in [3.8, 4) is 0 Å². The monoisotopic (exact) mass is 457 g/mol. The fourth-order valence-electron chi connectivity index (χ4n) is 3.84. The van der Waals surface area contributed by atoms with Crippen molar-refractivity contribution in [1.29, 1.82) is 0 Å². The number of benzene rings is 2. The number of esters is 1. The fourth-order valence-corrected chi connectivity index (χ4v) is 4.11. The van der Waals surface area contributed by atoms with E-state index in [9.17, 15) is 9.18 Å². The van der Waals surface area contributed by atoms with Crippen LogP contribution in [0.25, 0.3) is 0 Å². The Labute approximate surface area is 191 Å². The molecule has 2 aromatic rings. The van der Waals surface area contributed by atoms with Crippen molar-refractivity contribution in [2.45, 2.75) is 13.0 Å². The summed E-state index contributed by atoms with van der Waals surface area (Å²) < 4.78 is 24.6. The molecule has 2 aromatic carbocycles. The van der Waals surface area contributed by atoms with Gasteiger partial charge in [-0.25, -0.2) is 9.18 Å². The maximum absolute atomic E-state index is 13.8. The third-order valence-corrected chi connectivity index (χ3v) is 5.74. The lowest BCUT2D eigenvalue weighted by molar-refractivity contribution is -0.139. The van der Waals surface area contributed by atoms with Crippen LogP contribution in [0.1, 0.15) is 24.1 Å². The van der Waals surface area contributed by atoms with Crippen molar-refractivity contribution in [2.75, 3.05) is 39.5 Å². The SMILES string of the molecule is CCOC(=O)C1=C(CN2CCOCC2)NC(c2ccccc2)=NC1c1ccc(F)cc1Cl. The third-order valence-electron chi connectivity index (χ3n) is 5.41. The maximum Gasteiger partial charge on any atom is 0.338 e. The number of hydrogen-bond donors (Lipinski definition) is 1. The van der Waals surface area contributed by atoms with Gasteiger partial charge in [-0.05, 0) is 19.1 Å². The molecule has 0 amide bonds. The van der Waals surface area contributed by atoms with Crippen LogP contribution in [0, 0.1) is 5.82 Å². The molecule has 1 N–H and O–H groups in total. The number of rotatable bonds is 6. The molecule has 6 nitrogen and oxygen atoms in total. The van der Waals surface area contributed by atoms with Crippen LogP contribution in [0.15, 0.2) is 64.8 Å². The fraction of sp³-hybridized carbons (Fsp3) is 0.333. The molecular formula is C24H25ClFN3O3. The molecule has 8 heteroatoms. The van der Waals surface area contributed by atoms with Gasteiger partial charge >= 0.3 is 5.97 Å². The molecule has 0 bridgehead atoms. The van der Waals surface area contributed by atoms with E-state index in [1.807, 2.05) is 30.3 Å². The minimum absolute atomic E-state index is 0.209. The van der Waals surface area contributed by atoms with Crippen LogP contribution in [-0.4, -0.2) is 56.2 Å². The summed E-state index contributed by atoms with van der Waals surface area (Å²) in [4.78, 5) is 20.2. The van der Waals surface area contributed by atoms with Crippen LogP contribution < -0.4 is 5.32 Å². The number of nitrogens with zero attached hydrogens (tertiary/aromatic N) is 2. The van der Waals surface area contributed by atoms with Crippen LogP contribution in [0.3, 0.4) is 0 Å². The molecule has 2 heterocycles. The van der Waals surface area contributed by atoms with Gasteiger partial charge in [-0.2, -0.15) is 0 Å². The van der Waals surface area contributed by atoms with E-state index in [-0.39, 0.29) is 11.6 Å². The van der Waals surface area contributed by atoms with Gasteiger partial charge in [0.1, 0.15) is 17.7 Å². The van der Waals surface area contributed by atoms with Gasteiger partial charge in [0, 0.05) is 41.5 Å². The number of hydrogen-bond acceptors (Lipinski definition) is 6. The quantitative estimate of drug-likeness (QED) is 0.670. The lowest BCUT2D eigenvalue weighted by atomic mass is 9.94. The predicted octanol–water partition coefficient (Wildman–Crippen LogP) is 3.72. The average molecular weight is 458 g/mol. The zero-order valence-electron chi connectivity index (χ0n) is 17.8. The van der Waals surface area contributed by atoms with Crippen molar-refractivity contribution in [2.24, 2.45) is 4.99 Å². The number of ether oxygens (including phenoxy) is 2. The van der Waals surface area contributed by atoms with Crippen molar-refractivity contribution >= 4 is 23.4 Å². The zero-order valence-corrected chi connectivity index (χ0v) is 18.6. The van der Waals surface area contributed by atoms with Gasteiger partial charge in [-0.15, -0.1) is 0 Å². The van der Waals surface area contributed by atoms with E-state index in [4.69, 9.17) is 26.1 Å². The van der Waals surface area contributed by atoms with Crippen LogP contribution in [0.2, 0.25) is 5.02 Å². The van der Waals surface area contributed by atoms with Crippen molar-refractivity contribution in [1.82, 2.24) is 10.2 Å². The summed E-state index contributed by atoms with van der Waals surface area (Å²) in [5.41, 5.74) is 2.50. The van der Waals surface area contributed by atoms with Gasteiger partial charge < -0.3 is 14.8 Å². The molecule has 1 unspecified atom stereocenters. The standard InChI is InChI=1S/C24H25ClFN3O3/c1-2-32-24(30)21-20(15-29-10-12-31-13-11-29)27-23(16-6-4-3-5-7-16)28-22(21)18-9-8-17(26)14-19(18)25/h3-9,14,22H,2,10-13,15H2,1H3,(H,27,28). The van der Waals surface area contributed by atoms with Crippen LogP contribution in [0.4, 0.5) is 4.39 Å². The van der Waals surface area contributed by atoms with E-state index in [2.05, 4.69) is 10.2 Å². The summed E-state index contributed by atoms with van der Waals surface area (Å²) in [6.45, 7) is 5.26. The first kappa shape index (κ1) is 22.5. The molecule has 32 heavy (non-hydrogen) atoms. The molecule has 4 rings (SSSR count). The molecule has 168 valence electrons. The average Bonchev–Trinajstić information content (AvgIpc) is 2.80. The molecule has 0 aliphatic carbocycles. The molecule has 2 aliphatic rings. The summed E-state index contributed by atoms with van der Waals surface area (Å²) in [7, 11) is 0. The maximum atomic E-state index is 13.8. The molecule has 0 spiro atoms. The van der Waals surface area contributed by atoms with E-state index < -0.39 is 17.8 Å². The normalized spacial score (nSPS) is 19.3. The number of halogens is 2. The van der Waals surface area contributed by atoms with E-state index in [0.717, 1.165) is 18.7 Å². The van der Waals surface area contributed by atoms with Crippen LogP contribution in [0.5, 0.6) is 0 Å². The third kappa shape index (κ3) is 5.01. The Balaban J connectivity index is 1.82. The van der Waals surface area contributed by atoms with Gasteiger partial charge in [0.25, 0.3) is 0 Å². The first-order chi connectivity index (χ1) is 15.6. The smallest absolute Gasteiger partial charge is 0.338 e. The Morgan fingerprint density at radius 3 is 2.69 bits per heavy atom. The van der Waals surface area contributed by atoms with Gasteiger partial charge in [-0.1, -0.05) is 48.0 Å². The Bertz CT molecular complexity index is 1040. The second-order valence-electron chi connectivity index (χ2n) is 7.54. The second-order valence-corrected chi connectivity index (χ2v) is 7.95. The minimum Gasteiger partial charge on any atom is -0.463 e. The summed E-state index contributed by atoms with van der Waals surface area (Å²) in [5, 5.41) is 3.58. The zero-order chi connectivity index (χ0) is 22.5. The Hall–Kier alpha value is -2.74. The van der Waals surface area contributed by atoms with E-state index >= 15 is 0 Å². The molecule has 0 aromatic heterocycles. The highest BCUT2D eigenvalue weighted by Crippen LogP contribution is 2.36. The number of morpholine rings is 1. The molecule has 0 radical (unpaired) electrons. The van der Waals surface area contributed by atoms with E-state index in [1.54, 1.807) is 13.0 Å². The molecule has 1 fully saturated rings. The summed E-state index contributed by atoms with van der Waals surface area (Å²) >= 11 is 6.41. The largest absolute Gasteiger partial charge is 0.463 e. The van der Waals surface area contributed by atoms with Gasteiger partial charge in [0.05, 0.1) is 25.4 Å². The van der Waals surface area contributed by atoms with Crippen molar-refractivity contribution < 1.29 is 18.7 Å². The first-order valence-corrected chi connectivity index (χ1v) is 11.0. The summed E-state index contributed by atoms with van der Waals surface area (Å²) in [6.07, 6.45) is 0. The second kappa shape index (κ2) is 10.3. The molecule has 2 aliphatic heterocycles.